The number of nitrogens with one attached hydrogen (secondary N) is 1. The van der Waals surface area contributed by atoms with Crippen molar-refractivity contribution in [3.8, 4) is 0 Å². The van der Waals surface area contributed by atoms with E-state index in [9.17, 15) is 9.59 Å². The Bertz CT molecular complexity index is 1030. The Morgan fingerprint density at radius 1 is 1.09 bits per heavy atom. The number of piperazine rings is 1. The molecule has 1 N–H and O–H groups in total. The minimum absolute atomic E-state index is 0.0213. The molecule has 4 heterocycles. The molecule has 35 heavy (non-hydrogen) atoms. The van der Waals surface area contributed by atoms with E-state index in [1.54, 1.807) is 6.26 Å². The summed E-state index contributed by atoms with van der Waals surface area (Å²) in [6.45, 7) is 8.20. The number of hydrogen-bond donors (Lipinski definition) is 1. The number of rotatable bonds is 6. The van der Waals surface area contributed by atoms with Crippen molar-refractivity contribution in [3.05, 3.63) is 24.1 Å². The Labute approximate surface area is 208 Å². The molecule has 2 aliphatic heterocycles. The number of nitrogens with zero attached hydrogens (tertiary/aromatic N) is 4. The van der Waals surface area contributed by atoms with Crippen LogP contribution in [-0.2, 0) is 11.3 Å². The van der Waals surface area contributed by atoms with Crippen molar-refractivity contribution in [2.75, 3.05) is 46.3 Å². The minimum atomic E-state index is -0.933. The predicted molar refractivity (Wildman–Crippen MR) is 136 cm³/mol. The number of likely N-dealkylation sites (N-methyl/N-ethyl adjacent to an activating group) is 1. The first-order valence-corrected chi connectivity index (χ1v) is 13.6. The van der Waals surface area contributed by atoms with Crippen molar-refractivity contribution in [3.63, 3.8) is 0 Å². The lowest BCUT2D eigenvalue weighted by atomic mass is 9.92. The van der Waals surface area contributed by atoms with E-state index in [0.29, 0.717) is 24.4 Å². The first kappa shape index (κ1) is 24.4. The summed E-state index contributed by atoms with van der Waals surface area (Å²) in [7, 11) is 2.16. The van der Waals surface area contributed by atoms with E-state index < -0.39 is 5.54 Å². The van der Waals surface area contributed by atoms with Crippen molar-refractivity contribution in [1.29, 1.82) is 0 Å². The Morgan fingerprint density at radius 3 is 2.54 bits per heavy atom. The number of carbonyl (C=O) groups is 2. The highest BCUT2D eigenvalue weighted by molar-refractivity contribution is 6.02. The van der Waals surface area contributed by atoms with E-state index in [4.69, 9.17) is 4.42 Å². The summed E-state index contributed by atoms with van der Waals surface area (Å²) < 4.78 is 7.58. The van der Waals surface area contributed by atoms with Crippen LogP contribution < -0.4 is 5.32 Å². The third kappa shape index (κ3) is 5.00. The summed E-state index contributed by atoms with van der Waals surface area (Å²) >= 11 is 0. The maximum atomic E-state index is 13.9. The van der Waals surface area contributed by atoms with Gasteiger partial charge < -0.3 is 29.0 Å². The van der Waals surface area contributed by atoms with E-state index in [1.807, 2.05) is 28.5 Å². The van der Waals surface area contributed by atoms with Crippen LogP contribution in [0, 0.1) is 0 Å². The second-order valence-electron chi connectivity index (χ2n) is 11.0. The minimum Gasteiger partial charge on any atom is -0.463 e. The number of amides is 2. The first-order valence-electron chi connectivity index (χ1n) is 13.6. The molecule has 0 unspecified atom stereocenters. The number of fused-ring (bicyclic) bond motifs is 3. The highest BCUT2D eigenvalue weighted by Gasteiger charge is 2.48. The van der Waals surface area contributed by atoms with Crippen LogP contribution in [-0.4, -0.2) is 89.0 Å². The van der Waals surface area contributed by atoms with E-state index >= 15 is 0 Å². The zero-order valence-corrected chi connectivity index (χ0v) is 21.4. The van der Waals surface area contributed by atoms with Gasteiger partial charge in [-0.1, -0.05) is 32.1 Å². The standard InChI is InChI=1S/C27H41N5O3/c1-27(26(34)28-21-9-6-4-3-5-7-10-21)20-31-22-11-18-35-24(22)19-23(31)25(33)32(27)13-8-12-30-16-14-29(2)15-17-30/h11,18-19,21H,3-10,12-17,20H2,1-2H3,(H,28,34)/t27-/m1/s1. The average Bonchev–Trinajstić information content (AvgIpc) is 3.41. The molecule has 8 heteroatoms. The average molecular weight is 484 g/mol. The van der Waals surface area contributed by atoms with Gasteiger partial charge in [0.25, 0.3) is 5.91 Å². The van der Waals surface area contributed by atoms with Gasteiger partial charge >= 0.3 is 0 Å². The van der Waals surface area contributed by atoms with Gasteiger partial charge in [-0.3, -0.25) is 9.59 Å². The molecule has 1 saturated heterocycles. The maximum Gasteiger partial charge on any atom is 0.271 e. The molecule has 1 atom stereocenters. The van der Waals surface area contributed by atoms with Crippen LogP contribution in [0.1, 0.15) is 68.8 Å². The summed E-state index contributed by atoms with van der Waals surface area (Å²) in [5.74, 6) is -0.0941. The van der Waals surface area contributed by atoms with Gasteiger partial charge in [0.1, 0.15) is 11.2 Å². The SMILES string of the molecule is CN1CCN(CCCN2C(=O)c3cc4occc4n3C[C@]2(C)C(=O)NC2CCCCCCC2)CC1. The van der Waals surface area contributed by atoms with Crippen LogP contribution in [0.2, 0.25) is 0 Å². The molecule has 2 fully saturated rings. The second kappa shape index (κ2) is 10.3. The fourth-order valence-electron chi connectivity index (χ4n) is 6.09. The molecule has 1 aliphatic carbocycles. The number of carbonyl (C=O) groups excluding carboxylic acids is 2. The molecule has 0 radical (unpaired) electrons. The summed E-state index contributed by atoms with van der Waals surface area (Å²) in [5.41, 5.74) is 1.28. The number of aromatic nitrogens is 1. The summed E-state index contributed by atoms with van der Waals surface area (Å²) in [4.78, 5) is 34.3. The van der Waals surface area contributed by atoms with Crippen molar-refractivity contribution >= 4 is 22.9 Å². The van der Waals surface area contributed by atoms with Crippen molar-refractivity contribution in [2.24, 2.45) is 0 Å². The van der Waals surface area contributed by atoms with Crippen LogP contribution in [0.15, 0.2) is 22.8 Å². The van der Waals surface area contributed by atoms with Gasteiger partial charge in [-0.05, 0) is 39.8 Å². The van der Waals surface area contributed by atoms with E-state index in [0.717, 1.165) is 70.3 Å². The highest BCUT2D eigenvalue weighted by atomic mass is 16.3. The summed E-state index contributed by atoms with van der Waals surface area (Å²) in [5, 5.41) is 3.37. The second-order valence-corrected chi connectivity index (χ2v) is 11.0. The monoisotopic (exact) mass is 483 g/mol. The van der Waals surface area contributed by atoms with Gasteiger partial charge in [-0.15, -0.1) is 0 Å². The topological polar surface area (TPSA) is 74.0 Å². The quantitative estimate of drug-likeness (QED) is 0.682. The summed E-state index contributed by atoms with van der Waals surface area (Å²) in [6.07, 6.45) is 10.7. The van der Waals surface area contributed by atoms with Crippen LogP contribution in [0.3, 0.4) is 0 Å². The van der Waals surface area contributed by atoms with Crippen LogP contribution in [0.4, 0.5) is 0 Å². The van der Waals surface area contributed by atoms with Crippen molar-refractivity contribution in [1.82, 2.24) is 24.6 Å². The maximum absolute atomic E-state index is 13.9. The normalized spacial score (nSPS) is 25.4. The van der Waals surface area contributed by atoms with Crippen LogP contribution in [0.25, 0.3) is 11.1 Å². The molecule has 0 aromatic carbocycles. The molecule has 0 spiro atoms. The van der Waals surface area contributed by atoms with Gasteiger partial charge in [0.15, 0.2) is 5.58 Å². The summed E-state index contributed by atoms with van der Waals surface area (Å²) in [6, 6.07) is 3.92. The number of furan rings is 1. The lowest BCUT2D eigenvalue weighted by Gasteiger charge is -2.45. The van der Waals surface area contributed by atoms with Crippen LogP contribution in [0.5, 0.6) is 0 Å². The third-order valence-electron chi connectivity index (χ3n) is 8.43. The molecule has 5 rings (SSSR count). The fraction of sp³-hybridized carbons (Fsp3) is 0.704. The van der Waals surface area contributed by atoms with Crippen molar-refractivity contribution in [2.45, 2.75) is 76.4 Å². The van der Waals surface area contributed by atoms with E-state index in [1.165, 1.54) is 19.3 Å². The van der Waals surface area contributed by atoms with Crippen LogP contribution >= 0.6 is 0 Å². The Hall–Kier alpha value is -2.32. The Morgan fingerprint density at radius 2 is 1.80 bits per heavy atom. The highest BCUT2D eigenvalue weighted by Crippen LogP contribution is 2.33. The molecule has 1 saturated carbocycles. The van der Waals surface area contributed by atoms with E-state index in [2.05, 4.69) is 22.2 Å². The Kier molecular flexibility index (Phi) is 7.21. The van der Waals surface area contributed by atoms with Gasteiger partial charge in [-0.25, -0.2) is 0 Å². The van der Waals surface area contributed by atoms with Gasteiger partial charge in [0.05, 0.1) is 18.3 Å². The molecule has 8 nitrogen and oxygen atoms in total. The molecule has 2 amide bonds. The molecular weight excluding hydrogens is 442 g/mol. The largest absolute Gasteiger partial charge is 0.463 e. The third-order valence-corrected chi connectivity index (χ3v) is 8.43. The predicted octanol–water partition coefficient (Wildman–Crippen LogP) is 3.32. The zero-order valence-electron chi connectivity index (χ0n) is 21.4. The molecule has 2 aromatic rings. The zero-order chi connectivity index (χ0) is 24.4. The van der Waals surface area contributed by atoms with Gasteiger partial charge in [-0.2, -0.15) is 0 Å². The fourth-order valence-corrected chi connectivity index (χ4v) is 6.09. The smallest absolute Gasteiger partial charge is 0.271 e. The lowest BCUT2D eigenvalue weighted by Crippen LogP contribution is -2.65. The lowest BCUT2D eigenvalue weighted by molar-refractivity contribution is -0.133. The molecule has 2 aromatic heterocycles. The van der Waals surface area contributed by atoms with E-state index in [-0.39, 0.29) is 17.9 Å². The van der Waals surface area contributed by atoms with Gasteiger partial charge in [0, 0.05) is 50.9 Å². The first-order chi connectivity index (χ1) is 17.0. The van der Waals surface area contributed by atoms with Crippen molar-refractivity contribution < 1.29 is 14.0 Å². The molecular formula is C27H41N5O3. The number of hydrogen-bond acceptors (Lipinski definition) is 5. The molecule has 0 bridgehead atoms. The molecule has 3 aliphatic rings. The molecule has 192 valence electrons. The van der Waals surface area contributed by atoms with Gasteiger partial charge in [0.2, 0.25) is 5.91 Å². The Balaban J connectivity index is 1.35.